The Morgan fingerprint density at radius 1 is 1.28 bits per heavy atom. The maximum Gasteiger partial charge on any atom is 0.234 e. The number of carbonyl (C=O) groups is 2. The van der Waals surface area contributed by atoms with Crippen LogP contribution in [0.1, 0.15) is 17.9 Å². The molecule has 2 aromatic carbocycles. The van der Waals surface area contributed by atoms with Gasteiger partial charge in [-0.2, -0.15) is 5.26 Å². The van der Waals surface area contributed by atoms with Crippen LogP contribution >= 0.6 is 55.2 Å². The number of hydrogen-bond acceptors (Lipinski definition) is 4. The number of nitrogens with zero attached hydrogens (tertiary/aromatic N) is 1. The molecular weight excluding hydrogens is 542 g/mol. The van der Waals surface area contributed by atoms with Gasteiger partial charge in [-0.05, 0) is 35.9 Å². The van der Waals surface area contributed by atoms with Gasteiger partial charge in [0.15, 0.2) is 0 Å². The summed E-state index contributed by atoms with van der Waals surface area (Å²) in [5, 5.41) is 16.0. The maximum atomic E-state index is 12.3. The number of benzene rings is 2. The van der Waals surface area contributed by atoms with Gasteiger partial charge in [-0.25, -0.2) is 0 Å². The fourth-order valence-electron chi connectivity index (χ4n) is 2.86. The lowest BCUT2D eigenvalue weighted by Crippen LogP contribution is -2.31. The predicted molar refractivity (Wildman–Crippen MR) is 123 cm³/mol. The molecule has 0 aromatic heterocycles. The Labute approximate surface area is 194 Å². The first-order valence-corrected chi connectivity index (χ1v) is 11.4. The van der Waals surface area contributed by atoms with E-state index >= 15 is 0 Å². The van der Waals surface area contributed by atoms with Crippen molar-refractivity contribution in [3.05, 3.63) is 72.6 Å². The summed E-state index contributed by atoms with van der Waals surface area (Å²) in [6.45, 7) is 0. The van der Waals surface area contributed by atoms with Crippen molar-refractivity contribution in [1.29, 1.82) is 5.26 Å². The van der Waals surface area contributed by atoms with E-state index in [1.54, 1.807) is 18.2 Å². The number of nitriles is 1. The van der Waals surface area contributed by atoms with Gasteiger partial charge in [0.1, 0.15) is 0 Å². The normalized spacial score (nSPS) is 16.2. The fraction of sp³-hybridized carbons (Fsp3) is 0.150. The van der Waals surface area contributed by atoms with Gasteiger partial charge in [-0.3, -0.25) is 9.59 Å². The molecule has 0 bridgehead atoms. The summed E-state index contributed by atoms with van der Waals surface area (Å²) in [5.41, 5.74) is 1.81. The lowest BCUT2D eigenvalue weighted by molar-refractivity contribution is -0.121. The summed E-state index contributed by atoms with van der Waals surface area (Å²) in [5.74, 6) is -0.799. The third-order valence-corrected chi connectivity index (χ3v) is 6.48. The molecule has 1 atom stereocenters. The Bertz CT molecular complexity index is 1050. The molecule has 0 fully saturated rings. The van der Waals surface area contributed by atoms with E-state index in [1.807, 2.05) is 24.3 Å². The molecule has 5 nitrogen and oxygen atoms in total. The Balaban J connectivity index is 1.76. The largest absolute Gasteiger partial charge is 0.324 e. The van der Waals surface area contributed by atoms with Crippen LogP contribution in [0.2, 0.25) is 5.02 Å². The van der Waals surface area contributed by atoms with Crippen LogP contribution < -0.4 is 10.6 Å². The van der Waals surface area contributed by atoms with Crippen molar-refractivity contribution < 1.29 is 9.59 Å². The minimum absolute atomic E-state index is 0.0262. The van der Waals surface area contributed by atoms with Gasteiger partial charge in [-0.15, -0.1) is 0 Å². The molecule has 1 aliphatic rings. The van der Waals surface area contributed by atoms with E-state index in [0.29, 0.717) is 21.3 Å². The highest BCUT2D eigenvalue weighted by atomic mass is 79.9. The monoisotopic (exact) mass is 553 g/mol. The lowest BCUT2D eigenvalue weighted by Gasteiger charge is -2.25. The molecule has 2 aromatic rings. The van der Waals surface area contributed by atoms with E-state index in [4.69, 9.17) is 11.6 Å². The number of hydrogen-bond donors (Lipinski definition) is 2. The molecule has 0 spiro atoms. The third-order valence-electron chi connectivity index (χ3n) is 4.16. The van der Waals surface area contributed by atoms with Crippen LogP contribution in [0.15, 0.2) is 62.0 Å². The molecule has 9 heteroatoms. The zero-order chi connectivity index (χ0) is 21.0. The number of halogens is 3. The van der Waals surface area contributed by atoms with Crippen molar-refractivity contribution in [2.45, 2.75) is 12.3 Å². The summed E-state index contributed by atoms with van der Waals surface area (Å²) in [4.78, 5) is 24.6. The first kappa shape index (κ1) is 21.9. The molecule has 0 aliphatic carbocycles. The van der Waals surface area contributed by atoms with Gasteiger partial charge in [0, 0.05) is 21.3 Å². The van der Waals surface area contributed by atoms with Gasteiger partial charge in [-0.1, -0.05) is 67.4 Å². The highest BCUT2D eigenvalue weighted by molar-refractivity contribution is 9.10. The van der Waals surface area contributed by atoms with Gasteiger partial charge in [0.05, 0.1) is 33.1 Å². The van der Waals surface area contributed by atoms with E-state index in [-0.39, 0.29) is 29.9 Å². The van der Waals surface area contributed by atoms with Crippen LogP contribution in [0.4, 0.5) is 5.69 Å². The molecule has 29 heavy (non-hydrogen) atoms. The molecular formula is C20H14Br2ClN3O2S. The van der Waals surface area contributed by atoms with Crippen LogP contribution in [-0.4, -0.2) is 17.6 Å². The molecule has 0 unspecified atom stereocenters. The highest BCUT2D eigenvalue weighted by Gasteiger charge is 2.30. The van der Waals surface area contributed by atoms with Crippen LogP contribution in [0, 0.1) is 11.3 Å². The number of rotatable bonds is 5. The van der Waals surface area contributed by atoms with E-state index in [1.165, 1.54) is 0 Å². The number of thioether (sulfide) groups is 1. The first-order valence-electron chi connectivity index (χ1n) is 8.44. The second-order valence-corrected chi connectivity index (χ2v) is 9.40. The molecule has 0 saturated carbocycles. The molecule has 1 aliphatic heterocycles. The number of carbonyl (C=O) groups excluding carboxylic acids is 2. The molecule has 0 radical (unpaired) electrons. The van der Waals surface area contributed by atoms with Crippen LogP contribution in [0.25, 0.3) is 0 Å². The zero-order valence-corrected chi connectivity index (χ0v) is 19.6. The second-order valence-electron chi connectivity index (χ2n) is 6.18. The minimum atomic E-state index is -0.349. The van der Waals surface area contributed by atoms with Crippen LogP contribution in [-0.2, 0) is 9.59 Å². The maximum absolute atomic E-state index is 12.3. The average Bonchev–Trinajstić information content (AvgIpc) is 2.68. The smallest absolute Gasteiger partial charge is 0.234 e. The quantitative estimate of drug-likeness (QED) is 0.505. The Morgan fingerprint density at radius 3 is 2.72 bits per heavy atom. The van der Waals surface area contributed by atoms with Crippen LogP contribution in [0.3, 0.4) is 0 Å². The Hall–Kier alpha value is -1.79. The van der Waals surface area contributed by atoms with Crippen molar-refractivity contribution in [2.24, 2.45) is 0 Å². The summed E-state index contributed by atoms with van der Waals surface area (Å²) >= 11 is 14.0. The van der Waals surface area contributed by atoms with E-state index in [0.717, 1.165) is 26.3 Å². The van der Waals surface area contributed by atoms with Gasteiger partial charge in [0.2, 0.25) is 11.8 Å². The van der Waals surface area contributed by atoms with Crippen molar-refractivity contribution in [2.75, 3.05) is 11.1 Å². The summed E-state index contributed by atoms with van der Waals surface area (Å²) in [7, 11) is 0. The topological polar surface area (TPSA) is 82.0 Å². The number of anilines is 1. The van der Waals surface area contributed by atoms with E-state index in [9.17, 15) is 14.9 Å². The molecule has 1 heterocycles. The van der Waals surface area contributed by atoms with Crippen molar-refractivity contribution in [3.8, 4) is 6.07 Å². The van der Waals surface area contributed by atoms with Crippen molar-refractivity contribution in [3.63, 3.8) is 0 Å². The van der Waals surface area contributed by atoms with Gasteiger partial charge in [0.25, 0.3) is 0 Å². The predicted octanol–water partition coefficient (Wildman–Crippen LogP) is 5.58. The van der Waals surface area contributed by atoms with Gasteiger partial charge < -0.3 is 10.6 Å². The summed E-state index contributed by atoms with van der Waals surface area (Å²) < 4.78 is 1.68. The van der Waals surface area contributed by atoms with Crippen LogP contribution in [0.5, 0.6) is 0 Å². The van der Waals surface area contributed by atoms with Gasteiger partial charge >= 0.3 is 0 Å². The molecule has 0 saturated heterocycles. The SMILES string of the molecule is N#CC1=C(SCC(=O)Nc2ccc(Br)cc2Cl)NC(=O)C[C@H]1c1cccc(Br)c1. The fourth-order valence-corrected chi connectivity index (χ4v) is 4.87. The number of amides is 2. The molecule has 148 valence electrons. The third kappa shape index (κ3) is 5.64. The van der Waals surface area contributed by atoms with E-state index in [2.05, 4.69) is 48.6 Å². The second kappa shape index (κ2) is 9.81. The zero-order valence-electron chi connectivity index (χ0n) is 14.8. The number of allylic oxidation sites excluding steroid dienone is 1. The Morgan fingerprint density at radius 2 is 2.03 bits per heavy atom. The lowest BCUT2D eigenvalue weighted by atomic mass is 9.87. The van der Waals surface area contributed by atoms with Crippen molar-refractivity contribution in [1.82, 2.24) is 5.32 Å². The Kier molecular flexibility index (Phi) is 7.41. The molecule has 2 N–H and O–H groups in total. The summed E-state index contributed by atoms with van der Waals surface area (Å²) in [6.07, 6.45) is 0.185. The highest BCUT2D eigenvalue weighted by Crippen LogP contribution is 2.36. The molecule has 2 amide bonds. The first-order chi connectivity index (χ1) is 13.9. The van der Waals surface area contributed by atoms with E-state index < -0.39 is 0 Å². The number of nitrogens with one attached hydrogen (secondary N) is 2. The molecule has 3 rings (SSSR count). The standard InChI is InChI=1S/C20H14Br2ClN3O2S/c21-12-3-1-2-11(6-12)14-8-18(27)26-20(15(14)9-24)29-10-19(28)25-17-5-4-13(22)7-16(17)23/h1-7,14H,8,10H2,(H,25,28)(H,26,27)/t14-/m0/s1. The average molecular weight is 556 g/mol. The minimum Gasteiger partial charge on any atom is -0.324 e. The van der Waals surface area contributed by atoms with Crippen molar-refractivity contribution >= 4 is 72.7 Å². The summed E-state index contributed by atoms with van der Waals surface area (Å²) in [6, 6.07) is 14.9.